The minimum atomic E-state index is -1.49. The van der Waals surface area contributed by atoms with Gasteiger partial charge in [0.15, 0.2) is 5.54 Å². The molecule has 3 aliphatic rings. The second-order valence-corrected chi connectivity index (χ2v) is 5.92. The summed E-state index contributed by atoms with van der Waals surface area (Å²) in [5.41, 5.74) is -1.49. The van der Waals surface area contributed by atoms with E-state index in [-0.39, 0.29) is 0 Å². The van der Waals surface area contributed by atoms with Crippen molar-refractivity contribution in [3.05, 3.63) is 0 Å². The fourth-order valence-electron chi connectivity index (χ4n) is 3.93. The molecule has 6 amide bonds. The van der Waals surface area contributed by atoms with Crippen LogP contribution in [0.1, 0.15) is 0 Å². The van der Waals surface area contributed by atoms with Crippen LogP contribution >= 0.6 is 0 Å². The van der Waals surface area contributed by atoms with Crippen molar-refractivity contribution in [1.29, 1.82) is 5.26 Å². The molecule has 116 valence electrons. The Morgan fingerprint density at radius 1 is 0.955 bits per heavy atom. The first kappa shape index (κ1) is 14.3. The van der Waals surface area contributed by atoms with Crippen LogP contribution in [0.4, 0.5) is 9.59 Å². The van der Waals surface area contributed by atoms with Gasteiger partial charge in [-0.3, -0.25) is 19.4 Å². The van der Waals surface area contributed by atoms with Gasteiger partial charge in [-0.2, -0.15) is 5.26 Å². The lowest BCUT2D eigenvalue weighted by Gasteiger charge is -2.65. The van der Waals surface area contributed by atoms with E-state index in [2.05, 4.69) is 0 Å². The monoisotopic (exact) mass is 305 g/mol. The summed E-state index contributed by atoms with van der Waals surface area (Å²) in [4.78, 5) is 53.4. The Balaban J connectivity index is 2.17. The molecule has 4 atom stereocenters. The van der Waals surface area contributed by atoms with Gasteiger partial charge >= 0.3 is 12.1 Å². The van der Waals surface area contributed by atoms with Gasteiger partial charge in [0.05, 0.1) is 23.9 Å². The minimum absolute atomic E-state index is 0.492. The summed E-state index contributed by atoms with van der Waals surface area (Å²) >= 11 is 0. The molecule has 2 aliphatic heterocycles. The summed E-state index contributed by atoms with van der Waals surface area (Å²) in [6.45, 7) is 0. The second kappa shape index (κ2) is 3.97. The van der Waals surface area contributed by atoms with Crippen molar-refractivity contribution in [2.24, 2.45) is 11.8 Å². The highest BCUT2D eigenvalue weighted by Gasteiger charge is 2.77. The average molecular weight is 305 g/mol. The first-order chi connectivity index (χ1) is 10.2. The van der Waals surface area contributed by atoms with Gasteiger partial charge in [-0.25, -0.2) is 9.59 Å². The first-order valence-corrected chi connectivity index (χ1v) is 6.72. The molecule has 0 aromatic heterocycles. The third-order valence-corrected chi connectivity index (χ3v) is 5.15. The lowest BCUT2D eigenvalue weighted by molar-refractivity contribution is -0.185. The molecular weight excluding hydrogens is 290 g/mol. The standard InChI is InChI=1S/C13H15N5O4/c1-15-8-6(9(19)16(2)11(15)21)7-10(20)17(3)12(22)18(4)13(7,8)5-14/h6-8H,1-4H3/t6-,7+,8-,13-/m0/s1. The molecule has 0 radical (unpaired) electrons. The van der Waals surface area contributed by atoms with Gasteiger partial charge in [0.1, 0.15) is 0 Å². The number of hydrogen-bond acceptors (Lipinski definition) is 5. The fraction of sp³-hybridized carbons (Fsp3) is 0.615. The molecule has 0 aromatic carbocycles. The van der Waals surface area contributed by atoms with E-state index < -0.39 is 47.3 Å². The van der Waals surface area contributed by atoms with E-state index >= 15 is 0 Å². The number of fused-ring (bicyclic) bond motifs is 4. The first-order valence-electron chi connectivity index (χ1n) is 6.72. The van der Waals surface area contributed by atoms with Crippen molar-refractivity contribution in [3.8, 4) is 6.07 Å². The number of carbonyl (C=O) groups is 4. The van der Waals surface area contributed by atoms with Crippen LogP contribution in [0.3, 0.4) is 0 Å². The molecule has 0 unspecified atom stereocenters. The quantitative estimate of drug-likeness (QED) is 0.565. The van der Waals surface area contributed by atoms with Gasteiger partial charge in [0.25, 0.3) is 0 Å². The van der Waals surface area contributed by atoms with E-state index in [1.807, 2.05) is 6.07 Å². The van der Waals surface area contributed by atoms with Gasteiger partial charge in [0.2, 0.25) is 11.8 Å². The van der Waals surface area contributed by atoms with Crippen molar-refractivity contribution in [3.63, 3.8) is 0 Å². The number of nitriles is 1. The smallest absolute Gasteiger partial charge is 0.320 e. The van der Waals surface area contributed by atoms with Crippen LogP contribution in [-0.4, -0.2) is 83.2 Å². The zero-order valence-electron chi connectivity index (χ0n) is 12.6. The molecule has 1 saturated carbocycles. The fourth-order valence-corrected chi connectivity index (χ4v) is 3.93. The maximum atomic E-state index is 12.5. The van der Waals surface area contributed by atoms with Crippen molar-refractivity contribution in [2.45, 2.75) is 11.6 Å². The zero-order valence-corrected chi connectivity index (χ0v) is 12.6. The molecular formula is C13H15N5O4. The van der Waals surface area contributed by atoms with Crippen molar-refractivity contribution >= 4 is 23.9 Å². The number of rotatable bonds is 0. The highest BCUT2D eigenvalue weighted by atomic mass is 16.2. The van der Waals surface area contributed by atoms with Crippen LogP contribution in [0.25, 0.3) is 0 Å². The SMILES string of the molecule is CN1C(=O)[C@@H]2[C@H](N(C)C1=O)[C@]1(C#N)[C@H]2C(=O)N(C)C(=O)N1C. The summed E-state index contributed by atoms with van der Waals surface area (Å²) in [7, 11) is 5.55. The van der Waals surface area contributed by atoms with Gasteiger partial charge in [0, 0.05) is 28.2 Å². The molecule has 3 fully saturated rings. The third kappa shape index (κ3) is 1.20. The normalized spacial score (nSPS) is 37.7. The van der Waals surface area contributed by atoms with Crippen molar-refractivity contribution in [1.82, 2.24) is 19.6 Å². The zero-order chi connectivity index (χ0) is 16.6. The van der Waals surface area contributed by atoms with Crippen LogP contribution in [0.2, 0.25) is 0 Å². The summed E-state index contributed by atoms with van der Waals surface area (Å²) in [6, 6.07) is 0.0454. The van der Waals surface area contributed by atoms with Crippen LogP contribution in [0.5, 0.6) is 0 Å². The number of amides is 6. The van der Waals surface area contributed by atoms with E-state index in [0.717, 1.165) is 9.80 Å². The molecule has 0 spiro atoms. The lowest BCUT2D eigenvalue weighted by atomic mass is 9.52. The van der Waals surface area contributed by atoms with Gasteiger partial charge < -0.3 is 9.80 Å². The Hall–Kier alpha value is -2.63. The summed E-state index contributed by atoms with van der Waals surface area (Å²) in [5.74, 6) is -2.82. The highest BCUT2D eigenvalue weighted by Crippen LogP contribution is 2.55. The number of urea groups is 2. The van der Waals surface area contributed by atoms with Gasteiger partial charge in [-0.1, -0.05) is 0 Å². The number of carbonyl (C=O) groups excluding carboxylic acids is 4. The maximum absolute atomic E-state index is 12.5. The van der Waals surface area contributed by atoms with Crippen molar-refractivity contribution in [2.75, 3.05) is 28.2 Å². The number of imide groups is 2. The van der Waals surface area contributed by atoms with E-state index in [0.29, 0.717) is 0 Å². The van der Waals surface area contributed by atoms with Gasteiger partial charge in [-0.05, 0) is 0 Å². The van der Waals surface area contributed by atoms with Crippen LogP contribution in [0.15, 0.2) is 0 Å². The minimum Gasteiger partial charge on any atom is -0.320 e. The molecule has 0 bridgehead atoms. The molecule has 0 aromatic rings. The molecule has 1 aliphatic carbocycles. The molecule has 2 saturated heterocycles. The van der Waals surface area contributed by atoms with E-state index in [4.69, 9.17) is 0 Å². The van der Waals surface area contributed by atoms with Crippen LogP contribution < -0.4 is 0 Å². The van der Waals surface area contributed by atoms with E-state index in [1.54, 1.807) is 0 Å². The molecule has 9 heteroatoms. The molecule has 22 heavy (non-hydrogen) atoms. The lowest BCUT2D eigenvalue weighted by Crippen LogP contribution is -2.87. The summed E-state index contributed by atoms with van der Waals surface area (Å²) in [6.07, 6.45) is 0. The molecule has 3 rings (SSSR count). The number of hydrogen-bond donors (Lipinski definition) is 0. The molecule has 2 heterocycles. The summed E-state index contributed by atoms with van der Waals surface area (Å²) < 4.78 is 0. The van der Waals surface area contributed by atoms with Crippen LogP contribution in [0, 0.1) is 23.2 Å². The largest absolute Gasteiger partial charge is 0.327 e. The third-order valence-electron chi connectivity index (χ3n) is 5.15. The van der Waals surface area contributed by atoms with Crippen LogP contribution in [-0.2, 0) is 9.59 Å². The average Bonchev–Trinajstić information content (AvgIpc) is 2.48. The Kier molecular flexibility index (Phi) is 2.58. The van der Waals surface area contributed by atoms with E-state index in [1.165, 1.54) is 38.0 Å². The Morgan fingerprint density at radius 3 is 2.05 bits per heavy atom. The predicted octanol–water partition coefficient (Wildman–Crippen LogP) is -1.09. The second-order valence-electron chi connectivity index (χ2n) is 5.92. The Morgan fingerprint density at radius 2 is 1.50 bits per heavy atom. The maximum Gasteiger partial charge on any atom is 0.327 e. The molecule has 0 N–H and O–H groups in total. The Labute approximate surface area is 126 Å². The van der Waals surface area contributed by atoms with E-state index in [9.17, 15) is 24.4 Å². The van der Waals surface area contributed by atoms with Crippen molar-refractivity contribution < 1.29 is 19.2 Å². The van der Waals surface area contributed by atoms with Gasteiger partial charge in [-0.15, -0.1) is 0 Å². The number of nitrogens with zero attached hydrogens (tertiary/aromatic N) is 5. The molecule has 9 nitrogen and oxygen atoms in total. The predicted molar refractivity (Wildman–Crippen MR) is 71.0 cm³/mol. The number of likely N-dealkylation sites (N-methyl/N-ethyl adjacent to an activating group) is 2. The topological polar surface area (TPSA) is 105 Å². The summed E-state index contributed by atoms with van der Waals surface area (Å²) in [5, 5.41) is 9.68. The Bertz CT molecular complexity index is 670. The highest BCUT2D eigenvalue weighted by molar-refractivity contribution is 6.08.